The number of carbonyl (C=O) groups is 1. The Kier molecular flexibility index (Phi) is 5.43. The van der Waals surface area contributed by atoms with Crippen molar-refractivity contribution in [2.75, 3.05) is 0 Å². The number of aliphatic hydroxyl groups is 1. The van der Waals surface area contributed by atoms with E-state index in [9.17, 15) is 9.90 Å². The van der Waals surface area contributed by atoms with E-state index in [1.807, 2.05) is 18.2 Å². The molecule has 1 atom stereocenters. The Labute approximate surface area is 101 Å². The molecule has 1 aromatic rings. The molecule has 0 bridgehead atoms. The lowest BCUT2D eigenvalue weighted by Crippen LogP contribution is -2.16. The molecular formula is C14H18O3. The van der Waals surface area contributed by atoms with Gasteiger partial charge in [-0.3, -0.25) is 0 Å². The van der Waals surface area contributed by atoms with Gasteiger partial charge in [0, 0.05) is 0 Å². The van der Waals surface area contributed by atoms with E-state index in [0.717, 1.165) is 19.3 Å². The van der Waals surface area contributed by atoms with Crippen LogP contribution in [0.1, 0.15) is 24.8 Å². The molecule has 0 fully saturated rings. The van der Waals surface area contributed by atoms with Crippen molar-refractivity contribution in [2.24, 2.45) is 0 Å². The monoisotopic (exact) mass is 234 g/mol. The van der Waals surface area contributed by atoms with Crippen LogP contribution >= 0.6 is 0 Å². The predicted molar refractivity (Wildman–Crippen MR) is 66.8 cm³/mol. The van der Waals surface area contributed by atoms with E-state index in [1.165, 1.54) is 5.56 Å². The predicted octanol–water partition coefficient (Wildman–Crippen LogP) is 2.40. The number of unbranched alkanes of at least 4 members (excludes halogenated alkanes) is 1. The van der Waals surface area contributed by atoms with Crippen molar-refractivity contribution in [1.82, 2.24) is 0 Å². The second-order valence-corrected chi connectivity index (χ2v) is 4.08. The molecule has 0 aliphatic heterocycles. The maximum atomic E-state index is 10.5. The van der Waals surface area contributed by atoms with Crippen molar-refractivity contribution in [2.45, 2.75) is 31.8 Å². The van der Waals surface area contributed by atoms with Gasteiger partial charge in [0.15, 0.2) is 0 Å². The van der Waals surface area contributed by atoms with Crippen LogP contribution in [0.2, 0.25) is 0 Å². The lowest BCUT2D eigenvalue weighted by Gasteiger charge is -2.09. The first kappa shape index (κ1) is 13.5. The number of rotatable bonds is 7. The van der Waals surface area contributed by atoms with E-state index >= 15 is 0 Å². The van der Waals surface area contributed by atoms with Crippen molar-refractivity contribution in [3.8, 4) is 0 Å². The highest BCUT2D eigenvalue weighted by molar-refractivity contribution is 5.86. The third-order valence-corrected chi connectivity index (χ3v) is 2.71. The minimum atomic E-state index is -1.12. The number of carboxylic acids is 1. The number of benzene rings is 1. The molecule has 3 nitrogen and oxygen atoms in total. The van der Waals surface area contributed by atoms with Crippen molar-refractivity contribution >= 4 is 5.97 Å². The summed E-state index contributed by atoms with van der Waals surface area (Å²) in [7, 11) is 0. The molecule has 1 rings (SSSR count). The molecule has 17 heavy (non-hydrogen) atoms. The van der Waals surface area contributed by atoms with Gasteiger partial charge in [-0.15, -0.1) is 0 Å². The maximum Gasteiger partial charge on any atom is 0.333 e. The number of hydrogen-bond acceptors (Lipinski definition) is 2. The van der Waals surface area contributed by atoms with Crippen LogP contribution in [0, 0.1) is 0 Å². The van der Waals surface area contributed by atoms with Crippen LogP contribution in [0.25, 0.3) is 0 Å². The molecule has 0 radical (unpaired) electrons. The summed E-state index contributed by atoms with van der Waals surface area (Å²) in [5.41, 5.74) is 1.14. The molecule has 0 saturated heterocycles. The Hall–Kier alpha value is -1.61. The summed E-state index contributed by atoms with van der Waals surface area (Å²) in [5, 5.41) is 18.1. The molecule has 3 heteroatoms. The van der Waals surface area contributed by atoms with E-state index in [2.05, 4.69) is 18.7 Å². The van der Waals surface area contributed by atoms with Gasteiger partial charge in [0.25, 0.3) is 0 Å². The summed E-state index contributed by atoms with van der Waals surface area (Å²) in [6.45, 7) is 3.34. The highest BCUT2D eigenvalue weighted by Crippen LogP contribution is 2.11. The van der Waals surface area contributed by atoms with Gasteiger partial charge in [-0.25, -0.2) is 4.79 Å². The largest absolute Gasteiger partial charge is 0.478 e. The number of aliphatic hydroxyl groups excluding tert-OH is 1. The number of carboxylic acid groups (broad SMARTS) is 1. The van der Waals surface area contributed by atoms with Crippen LogP contribution in [0.15, 0.2) is 42.5 Å². The number of hydrogen-bond donors (Lipinski definition) is 2. The van der Waals surface area contributed by atoms with E-state index in [4.69, 9.17) is 5.11 Å². The van der Waals surface area contributed by atoms with E-state index in [-0.39, 0.29) is 5.57 Å². The Morgan fingerprint density at radius 3 is 2.47 bits per heavy atom. The zero-order valence-electron chi connectivity index (χ0n) is 9.80. The van der Waals surface area contributed by atoms with Crippen molar-refractivity contribution in [3.63, 3.8) is 0 Å². The topological polar surface area (TPSA) is 57.5 Å². The molecule has 0 saturated carbocycles. The molecule has 1 unspecified atom stereocenters. The summed E-state index contributed by atoms with van der Waals surface area (Å²) in [4.78, 5) is 10.5. The summed E-state index contributed by atoms with van der Waals surface area (Å²) in [6, 6.07) is 10.1. The van der Waals surface area contributed by atoms with Gasteiger partial charge >= 0.3 is 5.97 Å². The summed E-state index contributed by atoms with van der Waals surface area (Å²) in [5.74, 6) is -1.12. The fourth-order valence-corrected chi connectivity index (χ4v) is 1.63. The average Bonchev–Trinajstić information content (AvgIpc) is 2.34. The second-order valence-electron chi connectivity index (χ2n) is 4.08. The van der Waals surface area contributed by atoms with Gasteiger partial charge in [0.05, 0.1) is 11.7 Å². The third-order valence-electron chi connectivity index (χ3n) is 2.71. The van der Waals surface area contributed by atoms with E-state index in [1.54, 1.807) is 0 Å². The first-order chi connectivity index (χ1) is 8.11. The van der Waals surface area contributed by atoms with Crippen LogP contribution in [0.5, 0.6) is 0 Å². The van der Waals surface area contributed by atoms with Crippen LogP contribution in [-0.4, -0.2) is 22.3 Å². The number of aliphatic carboxylic acids is 1. The number of aryl methyl sites for hydroxylation is 1. The summed E-state index contributed by atoms with van der Waals surface area (Å²) in [6.07, 6.45) is 2.21. The van der Waals surface area contributed by atoms with Gasteiger partial charge < -0.3 is 10.2 Å². The first-order valence-electron chi connectivity index (χ1n) is 5.75. The molecule has 0 heterocycles. The lowest BCUT2D eigenvalue weighted by atomic mass is 10.0. The van der Waals surface area contributed by atoms with Crippen LogP contribution in [0.3, 0.4) is 0 Å². The Balaban J connectivity index is 2.20. The fraction of sp³-hybridized carbons (Fsp3) is 0.357. The zero-order chi connectivity index (χ0) is 12.7. The van der Waals surface area contributed by atoms with Gasteiger partial charge in [0.1, 0.15) is 0 Å². The van der Waals surface area contributed by atoms with E-state index < -0.39 is 12.1 Å². The molecule has 1 aromatic carbocycles. The third kappa shape index (κ3) is 4.83. The Bertz CT molecular complexity index is 370. The summed E-state index contributed by atoms with van der Waals surface area (Å²) >= 11 is 0. The lowest BCUT2D eigenvalue weighted by molar-refractivity contribution is -0.133. The van der Waals surface area contributed by atoms with Gasteiger partial charge in [-0.2, -0.15) is 0 Å². The average molecular weight is 234 g/mol. The normalized spacial score (nSPS) is 12.1. The van der Waals surface area contributed by atoms with Crippen molar-refractivity contribution < 1.29 is 15.0 Å². The summed E-state index contributed by atoms with van der Waals surface area (Å²) < 4.78 is 0. The molecule has 0 aliphatic rings. The van der Waals surface area contributed by atoms with Crippen molar-refractivity contribution in [3.05, 3.63) is 48.0 Å². The molecular weight excluding hydrogens is 216 g/mol. The van der Waals surface area contributed by atoms with Crippen LogP contribution in [0.4, 0.5) is 0 Å². The fourth-order valence-electron chi connectivity index (χ4n) is 1.63. The van der Waals surface area contributed by atoms with Crippen molar-refractivity contribution in [1.29, 1.82) is 0 Å². The molecule has 0 amide bonds. The molecule has 0 aliphatic carbocycles. The first-order valence-corrected chi connectivity index (χ1v) is 5.75. The Morgan fingerprint density at radius 1 is 1.24 bits per heavy atom. The quantitative estimate of drug-likeness (QED) is 0.562. The highest BCUT2D eigenvalue weighted by Gasteiger charge is 2.14. The minimum Gasteiger partial charge on any atom is -0.478 e. The highest BCUT2D eigenvalue weighted by atomic mass is 16.4. The SMILES string of the molecule is C=C(C(=O)O)C(O)CCCCc1ccccc1. The molecule has 92 valence electrons. The standard InChI is InChI=1S/C14H18O3/c1-11(14(16)17)13(15)10-6-5-9-12-7-3-2-4-8-12/h2-4,7-8,13,15H,1,5-6,9-10H2,(H,16,17). The van der Waals surface area contributed by atoms with Gasteiger partial charge in [-0.1, -0.05) is 43.3 Å². The van der Waals surface area contributed by atoms with Crippen LogP contribution in [-0.2, 0) is 11.2 Å². The maximum absolute atomic E-state index is 10.5. The molecule has 2 N–H and O–H groups in total. The van der Waals surface area contributed by atoms with Gasteiger partial charge in [0.2, 0.25) is 0 Å². The van der Waals surface area contributed by atoms with Crippen LogP contribution < -0.4 is 0 Å². The molecule has 0 spiro atoms. The Morgan fingerprint density at radius 2 is 1.88 bits per heavy atom. The van der Waals surface area contributed by atoms with E-state index in [0.29, 0.717) is 6.42 Å². The second kappa shape index (κ2) is 6.86. The smallest absolute Gasteiger partial charge is 0.333 e. The molecule has 0 aromatic heterocycles. The van der Waals surface area contributed by atoms with Gasteiger partial charge in [-0.05, 0) is 24.8 Å². The zero-order valence-corrected chi connectivity index (χ0v) is 9.80. The minimum absolute atomic E-state index is 0.121.